The SMILES string of the molecule is Cc1ccccc1[C@@H](C(=O)NC1CC(F)(F)C1)N(C(=O)[C@@H]1CCC(=O)N1c1cc(C#N)ccn1)c1ccc2c(ccn2C)c1. The number of rotatable bonds is 7. The van der Waals surface area contributed by atoms with Crippen molar-refractivity contribution >= 4 is 40.1 Å². The Morgan fingerprint density at radius 3 is 2.64 bits per heavy atom. The smallest absolute Gasteiger partial charge is 0.252 e. The van der Waals surface area contributed by atoms with Crippen LogP contribution in [0.15, 0.2) is 73.1 Å². The van der Waals surface area contributed by atoms with Gasteiger partial charge in [0.05, 0.1) is 11.6 Å². The summed E-state index contributed by atoms with van der Waals surface area (Å²) in [5.74, 6) is -4.14. The number of nitrogens with zero attached hydrogens (tertiary/aromatic N) is 5. The maximum Gasteiger partial charge on any atom is 0.252 e. The van der Waals surface area contributed by atoms with Crippen molar-refractivity contribution in [1.29, 1.82) is 5.26 Å². The van der Waals surface area contributed by atoms with E-state index in [1.807, 2.05) is 55.1 Å². The van der Waals surface area contributed by atoms with Crippen LogP contribution in [-0.2, 0) is 21.4 Å². The van der Waals surface area contributed by atoms with Gasteiger partial charge in [0.2, 0.25) is 11.8 Å². The number of nitrogens with one attached hydrogen (secondary N) is 1. The van der Waals surface area contributed by atoms with Crippen molar-refractivity contribution in [3.8, 4) is 6.07 Å². The molecule has 2 aromatic carbocycles. The molecule has 3 amide bonds. The van der Waals surface area contributed by atoms with Crippen LogP contribution >= 0.6 is 0 Å². The number of alkyl halides is 2. The Labute approximate surface area is 252 Å². The molecule has 224 valence electrons. The minimum Gasteiger partial charge on any atom is -0.351 e. The molecule has 6 rings (SSSR count). The van der Waals surface area contributed by atoms with E-state index in [2.05, 4.69) is 10.3 Å². The zero-order valence-corrected chi connectivity index (χ0v) is 24.2. The fourth-order valence-electron chi connectivity index (χ4n) is 6.14. The number of carbonyl (C=O) groups excluding carboxylic acids is 3. The lowest BCUT2D eigenvalue weighted by atomic mass is 9.87. The summed E-state index contributed by atoms with van der Waals surface area (Å²) in [4.78, 5) is 49.1. The molecule has 1 saturated heterocycles. The highest BCUT2D eigenvalue weighted by molar-refractivity contribution is 6.11. The Balaban J connectivity index is 1.48. The van der Waals surface area contributed by atoms with Gasteiger partial charge in [-0.05, 0) is 60.9 Å². The minimum absolute atomic E-state index is 0.0683. The summed E-state index contributed by atoms with van der Waals surface area (Å²) in [6.07, 6.45) is 2.56. The first-order chi connectivity index (χ1) is 21.1. The first-order valence-corrected chi connectivity index (χ1v) is 14.4. The van der Waals surface area contributed by atoms with Gasteiger partial charge < -0.3 is 9.88 Å². The van der Waals surface area contributed by atoms with Crippen molar-refractivity contribution in [3.63, 3.8) is 0 Å². The Morgan fingerprint density at radius 2 is 1.91 bits per heavy atom. The van der Waals surface area contributed by atoms with Crippen LogP contribution in [0.3, 0.4) is 0 Å². The van der Waals surface area contributed by atoms with Crippen molar-refractivity contribution in [2.75, 3.05) is 9.80 Å². The Kier molecular flexibility index (Phi) is 7.37. The van der Waals surface area contributed by atoms with Crippen LogP contribution in [0.4, 0.5) is 20.3 Å². The Morgan fingerprint density at radius 1 is 1.14 bits per heavy atom. The van der Waals surface area contributed by atoms with E-state index < -0.39 is 48.7 Å². The molecule has 2 atom stereocenters. The third-order valence-corrected chi connectivity index (χ3v) is 8.43. The quantitative estimate of drug-likeness (QED) is 0.325. The van der Waals surface area contributed by atoms with Gasteiger partial charge in [-0.2, -0.15) is 5.26 Å². The summed E-state index contributed by atoms with van der Waals surface area (Å²) in [7, 11) is 1.90. The fourth-order valence-corrected chi connectivity index (χ4v) is 6.14. The van der Waals surface area contributed by atoms with E-state index in [9.17, 15) is 28.4 Å². The number of benzene rings is 2. The molecule has 2 fully saturated rings. The average Bonchev–Trinajstić information content (AvgIpc) is 3.56. The molecular formula is C33H30F2N6O3. The number of hydrogen-bond acceptors (Lipinski definition) is 5. The molecule has 1 N–H and O–H groups in total. The van der Waals surface area contributed by atoms with Crippen LogP contribution in [0.1, 0.15) is 48.4 Å². The molecule has 1 aliphatic carbocycles. The maximum atomic E-state index is 14.8. The van der Waals surface area contributed by atoms with E-state index in [4.69, 9.17) is 0 Å². The Bertz CT molecular complexity index is 1820. The van der Waals surface area contributed by atoms with Gasteiger partial charge in [0.25, 0.3) is 11.8 Å². The molecule has 1 aliphatic heterocycles. The molecule has 1 saturated carbocycles. The fraction of sp³-hybridized carbons (Fsp3) is 0.303. The van der Waals surface area contributed by atoms with Gasteiger partial charge in [-0.15, -0.1) is 0 Å². The molecule has 44 heavy (non-hydrogen) atoms. The van der Waals surface area contributed by atoms with Crippen LogP contribution in [0.25, 0.3) is 10.9 Å². The number of nitriles is 1. The molecule has 0 spiro atoms. The average molecular weight is 597 g/mol. The number of pyridine rings is 1. The number of hydrogen-bond donors (Lipinski definition) is 1. The van der Waals surface area contributed by atoms with E-state index in [1.54, 1.807) is 24.3 Å². The van der Waals surface area contributed by atoms with Gasteiger partial charge >= 0.3 is 0 Å². The van der Waals surface area contributed by atoms with Crippen LogP contribution in [-0.4, -0.2) is 45.3 Å². The van der Waals surface area contributed by atoms with Crippen LogP contribution < -0.4 is 15.1 Å². The lowest BCUT2D eigenvalue weighted by molar-refractivity contribution is -0.133. The molecule has 3 heterocycles. The van der Waals surface area contributed by atoms with Crippen molar-refractivity contribution in [1.82, 2.24) is 14.9 Å². The van der Waals surface area contributed by atoms with Gasteiger partial charge in [-0.1, -0.05) is 24.3 Å². The second-order valence-electron chi connectivity index (χ2n) is 11.4. The monoisotopic (exact) mass is 596 g/mol. The van der Waals surface area contributed by atoms with Crippen LogP contribution in [0, 0.1) is 18.3 Å². The van der Waals surface area contributed by atoms with Crippen molar-refractivity contribution in [2.24, 2.45) is 7.05 Å². The third-order valence-electron chi connectivity index (χ3n) is 8.43. The summed E-state index contributed by atoms with van der Waals surface area (Å²) in [5, 5.41) is 13.0. The standard InChI is InChI=1S/C33H30F2N6O3/c1-20-5-3-4-6-25(20)30(31(43)38-23-17-33(34,35)18-23)40(24-7-8-26-22(16-24)12-14-39(26)2)32(44)27-9-10-29(42)41(27)28-15-21(19-36)11-13-37-28/h3-8,11-16,23,27,30H,9-10,17-18H2,1-2H3,(H,38,43)/t27-,30-/m0/s1. The van der Waals surface area contributed by atoms with Gasteiger partial charge in [-0.25, -0.2) is 13.8 Å². The minimum atomic E-state index is -2.85. The Hall–Kier alpha value is -5.11. The number of amides is 3. The van der Waals surface area contributed by atoms with Gasteiger partial charge in [0, 0.05) is 61.3 Å². The van der Waals surface area contributed by atoms with E-state index in [-0.39, 0.29) is 30.1 Å². The maximum absolute atomic E-state index is 14.8. The number of fused-ring (bicyclic) bond motifs is 1. The first-order valence-electron chi connectivity index (χ1n) is 14.4. The zero-order valence-electron chi connectivity index (χ0n) is 24.2. The predicted molar refractivity (Wildman–Crippen MR) is 160 cm³/mol. The molecule has 2 aliphatic rings. The van der Waals surface area contributed by atoms with Crippen molar-refractivity contribution in [3.05, 3.63) is 89.7 Å². The van der Waals surface area contributed by atoms with E-state index in [1.165, 1.54) is 28.1 Å². The van der Waals surface area contributed by atoms with E-state index in [0.717, 1.165) is 16.5 Å². The predicted octanol–water partition coefficient (Wildman–Crippen LogP) is 4.94. The van der Waals surface area contributed by atoms with Crippen molar-refractivity contribution in [2.45, 2.75) is 56.7 Å². The largest absolute Gasteiger partial charge is 0.351 e. The molecule has 2 aromatic heterocycles. The number of anilines is 2. The summed E-state index contributed by atoms with van der Waals surface area (Å²) in [5.41, 5.74) is 2.85. The summed E-state index contributed by atoms with van der Waals surface area (Å²) in [6.45, 7) is 1.82. The molecular weight excluding hydrogens is 566 g/mol. The summed E-state index contributed by atoms with van der Waals surface area (Å²) in [6, 6.07) is 16.4. The van der Waals surface area contributed by atoms with Crippen LogP contribution in [0.2, 0.25) is 0 Å². The molecule has 4 aromatic rings. The number of carbonyl (C=O) groups is 3. The molecule has 0 radical (unpaired) electrons. The van der Waals surface area contributed by atoms with Crippen LogP contribution in [0.5, 0.6) is 0 Å². The summed E-state index contributed by atoms with van der Waals surface area (Å²) < 4.78 is 29.4. The highest BCUT2D eigenvalue weighted by Crippen LogP contribution is 2.39. The highest BCUT2D eigenvalue weighted by Gasteiger charge is 2.48. The zero-order chi connectivity index (χ0) is 31.2. The van der Waals surface area contributed by atoms with E-state index in [0.29, 0.717) is 11.3 Å². The normalized spacial score (nSPS) is 18.5. The van der Waals surface area contributed by atoms with Gasteiger partial charge in [0.15, 0.2) is 0 Å². The van der Waals surface area contributed by atoms with E-state index >= 15 is 0 Å². The number of halogens is 2. The molecule has 9 nitrogen and oxygen atoms in total. The molecule has 0 bridgehead atoms. The number of aryl methyl sites for hydroxylation is 2. The lowest BCUT2D eigenvalue weighted by Crippen LogP contribution is -2.56. The number of aromatic nitrogens is 2. The van der Waals surface area contributed by atoms with Gasteiger partial charge in [0.1, 0.15) is 17.9 Å². The second kappa shape index (κ2) is 11.2. The van der Waals surface area contributed by atoms with Gasteiger partial charge in [-0.3, -0.25) is 24.2 Å². The molecule has 0 unspecified atom stereocenters. The third kappa shape index (κ3) is 5.28. The highest BCUT2D eigenvalue weighted by atomic mass is 19.3. The topological polar surface area (TPSA) is 111 Å². The lowest BCUT2D eigenvalue weighted by Gasteiger charge is -2.39. The second-order valence-corrected chi connectivity index (χ2v) is 11.4. The first kappa shape index (κ1) is 29.0. The van der Waals surface area contributed by atoms with Crippen molar-refractivity contribution < 1.29 is 23.2 Å². The molecule has 11 heteroatoms. The summed E-state index contributed by atoms with van der Waals surface area (Å²) >= 11 is 0.